The zero-order valence-electron chi connectivity index (χ0n) is 19.0. The smallest absolute Gasteiger partial charge is 0.263 e. The van der Waals surface area contributed by atoms with Gasteiger partial charge < -0.3 is 14.5 Å². The predicted octanol–water partition coefficient (Wildman–Crippen LogP) is 4.13. The number of carbonyl (C=O) groups excluding carboxylic acids is 1. The Labute approximate surface area is 189 Å². The maximum Gasteiger partial charge on any atom is 0.263 e. The molecule has 1 unspecified atom stereocenters. The Balaban J connectivity index is 1.31. The van der Waals surface area contributed by atoms with Crippen molar-refractivity contribution in [2.75, 3.05) is 31.1 Å². The highest BCUT2D eigenvalue weighted by atomic mass is 16.5. The van der Waals surface area contributed by atoms with Crippen molar-refractivity contribution in [3.63, 3.8) is 0 Å². The molecule has 1 amide bonds. The fourth-order valence-corrected chi connectivity index (χ4v) is 3.84. The van der Waals surface area contributed by atoms with Crippen LogP contribution < -0.4 is 9.64 Å². The zero-order valence-corrected chi connectivity index (χ0v) is 19.0. The number of aryl methyl sites for hydroxylation is 2. The molecule has 1 fully saturated rings. The van der Waals surface area contributed by atoms with Crippen LogP contribution >= 0.6 is 0 Å². The maximum atomic E-state index is 12.8. The predicted molar refractivity (Wildman–Crippen MR) is 127 cm³/mol. The van der Waals surface area contributed by atoms with E-state index in [1.54, 1.807) is 0 Å². The van der Waals surface area contributed by atoms with Gasteiger partial charge in [0, 0.05) is 31.7 Å². The van der Waals surface area contributed by atoms with Crippen LogP contribution in [-0.2, 0) is 11.2 Å². The number of amides is 1. The van der Waals surface area contributed by atoms with Crippen LogP contribution in [0.5, 0.6) is 5.75 Å². The number of aromatic nitrogens is 2. The van der Waals surface area contributed by atoms with Crippen molar-refractivity contribution in [2.24, 2.45) is 0 Å². The van der Waals surface area contributed by atoms with Gasteiger partial charge in [-0.05, 0) is 50.1 Å². The monoisotopic (exact) mass is 430 g/mol. The Morgan fingerprint density at radius 3 is 2.22 bits per heavy atom. The minimum Gasteiger partial charge on any atom is -0.481 e. The standard InChI is InChI=1S/C26H30N4O2/c1-4-21-7-11-23(12-8-21)32-20(3)26(31)30-17-15-29(16-18-30)25-14-13-24(27-28-25)22-9-5-19(2)6-10-22/h5-14,20H,4,15-18H2,1-3H3. The second-order valence-corrected chi connectivity index (χ2v) is 8.21. The zero-order chi connectivity index (χ0) is 22.5. The summed E-state index contributed by atoms with van der Waals surface area (Å²) < 4.78 is 5.88. The van der Waals surface area contributed by atoms with E-state index >= 15 is 0 Å². The first-order valence-corrected chi connectivity index (χ1v) is 11.2. The molecule has 4 rings (SSSR count). The van der Waals surface area contributed by atoms with E-state index in [0.717, 1.165) is 42.3 Å². The summed E-state index contributed by atoms with van der Waals surface area (Å²) in [4.78, 5) is 16.9. The molecule has 2 heterocycles. The van der Waals surface area contributed by atoms with E-state index in [9.17, 15) is 4.79 Å². The lowest BCUT2D eigenvalue weighted by Crippen LogP contribution is -2.52. The minimum absolute atomic E-state index is 0.0185. The second-order valence-electron chi connectivity index (χ2n) is 8.21. The van der Waals surface area contributed by atoms with Gasteiger partial charge >= 0.3 is 0 Å². The van der Waals surface area contributed by atoms with Crippen LogP contribution in [0.15, 0.2) is 60.7 Å². The fraction of sp³-hybridized carbons (Fsp3) is 0.346. The number of ether oxygens (including phenoxy) is 1. The molecule has 32 heavy (non-hydrogen) atoms. The summed E-state index contributed by atoms with van der Waals surface area (Å²) >= 11 is 0. The van der Waals surface area contributed by atoms with Crippen molar-refractivity contribution >= 4 is 11.7 Å². The Morgan fingerprint density at radius 1 is 0.938 bits per heavy atom. The van der Waals surface area contributed by atoms with Crippen molar-refractivity contribution in [3.05, 3.63) is 71.8 Å². The molecule has 0 aliphatic carbocycles. The van der Waals surface area contributed by atoms with E-state index in [-0.39, 0.29) is 5.91 Å². The highest BCUT2D eigenvalue weighted by molar-refractivity contribution is 5.81. The van der Waals surface area contributed by atoms with Crippen molar-refractivity contribution in [1.29, 1.82) is 0 Å². The summed E-state index contributed by atoms with van der Waals surface area (Å²) in [7, 11) is 0. The van der Waals surface area contributed by atoms with Crippen molar-refractivity contribution in [3.8, 4) is 17.0 Å². The average Bonchev–Trinajstić information content (AvgIpc) is 2.85. The molecule has 3 aromatic rings. The number of benzene rings is 2. The van der Waals surface area contributed by atoms with Crippen LogP contribution in [-0.4, -0.2) is 53.3 Å². The van der Waals surface area contributed by atoms with Gasteiger partial charge in [0.05, 0.1) is 5.69 Å². The number of hydrogen-bond donors (Lipinski definition) is 0. The molecule has 1 aromatic heterocycles. The molecule has 6 heteroatoms. The molecule has 0 bridgehead atoms. The third-order valence-corrected chi connectivity index (χ3v) is 5.91. The van der Waals surface area contributed by atoms with Gasteiger partial charge in [-0.3, -0.25) is 4.79 Å². The molecule has 1 saturated heterocycles. The Hall–Kier alpha value is -3.41. The van der Waals surface area contributed by atoms with Gasteiger partial charge in [-0.1, -0.05) is 48.9 Å². The normalized spacial score (nSPS) is 14.8. The van der Waals surface area contributed by atoms with E-state index in [0.29, 0.717) is 13.1 Å². The van der Waals surface area contributed by atoms with E-state index in [1.807, 2.05) is 48.2 Å². The van der Waals surface area contributed by atoms with Crippen LogP contribution in [0.3, 0.4) is 0 Å². The van der Waals surface area contributed by atoms with Gasteiger partial charge in [0.15, 0.2) is 11.9 Å². The summed E-state index contributed by atoms with van der Waals surface area (Å²) in [5.74, 6) is 1.59. The van der Waals surface area contributed by atoms with Crippen molar-refractivity contribution < 1.29 is 9.53 Å². The van der Waals surface area contributed by atoms with Crippen molar-refractivity contribution in [2.45, 2.75) is 33.3 Å². The largest absolute Gasteiger partial charge is 0.481 e. The number of nitrogens with zero attached hydrogens (tertiary/aromatic N) is 4. The van der Waals surface area contributed by atoms with Gasteiger partial charge in [-0.25, -0.2) is 0 Å². The molecule has 1 aliphatic rings. The topological polar surface area (TPSA) is 58.6 Å². The Kier molecular flexibility index (Phi) is 6.69. The first-order valence-electron chi connectivity index (χ1n) is 11.2. The summed E-state index contributed by atoms with van der Waals surface area (Å²) in [6.07, 6.45) is 0.473. The first-order chi connectivity index (χ1) is 15.5. The fourth-order valence-electron chi connectivity index (χ4n) is 3.84. The van der Waals surface area contributed by atoms with Gasteiger partial charge in [0.1, 0.15) is 5.75 Å². The van der Waals surface area contributed by atoms with Gasteiger partial charge in [0.25, 0.3) is 5.91 Å². The molecule has 1 atom stereocenters. The molecular weight excluding hydrogens is 400 g/mol. The van der Waals surface area contributed by atoms with Gasteiger partial charge in [-0.15, -0.1) is 10.2 Å². The summed E-state index contributed by atoms with van der Waals surface area (Å²) in [6.45, 7) is 8.73. The Morgan fingerprint density at radius 2 is 1.62 bits per heavy atom. The summed E-state index contributed by atoms with van der Waals surface area (Å²) in [5, 5.41) is 8.83. The third-order valence-electron chi connectivity index (χ3n) is 5.91. The highest BCUT2D eigenvalue weighted by Crippen LogP contribution is 2.20. The van der Waals surface area contributed by atoms with Crippen molar-refractivity contribution in [1.82, 2.24) is 15.1 Å². The van der Waals surface area contributed by atoms with E-state index in [2.05, 4.69) is 53.2 Å². The molecule has 6 nitrogen and oxygen atoms in total. The van der Waals surface area contributed by atoms with Crippen LogP contribution in [0.1, 0.15) is 25.0 Å². The lowest BCUT2D eigenvalue weighted by Gasteiger charge is -2.36. The summed E-state index contributed by atoms with van der Waals surface area (Å²) in [6, 6.07) is 20.2. The third kappa shape index (κ3) is 5.07. The Bertz CT molecular complexity index is 1020. The lowest BCUT2D eigenvalue weighted by atomic mass is 10.1. The molecular formula is C26H30N4O2. The van der Waals surface area contributed by atoms with Crippen LogP contribution in [0.2, 0.25) is 0 Å². The maximum absolute atomic E-state index is 12.8. The van der Waals surface area contributed by atoms with E-state index < -0.39 is 6.10 Å². The second kappa shape index (κ2) is 9.81. The minimum atomic E-state index is -0.511. The first kappa shape index (κ1) is 21.8. The van der Waals surface area contributed by atoms with E-state index in [1.165, 1.54) is 11.1 Å². The number of piperazine rings is 1. The number of hydrogen-bond acceptors (Lipinski definition) is 5. The molecule has 0 radical (unpaired) electrons. The van der Waals surface area contributed by atoms with Crippen LogP contribution in [0, 0.1) is 6.92 Å². The highest BCUT2D eigenvalue weighted by Gasteiger charge is 2.26. The van der Waals surface area contributed by atoms with Crippen LogP contribution in [0.4, 0.5) is 5.82 Å². The quantitative estimate of drug-likeness (QED) is 0.589. The van der Waals surface area contributed by atoms with Crippen LogP contribution in [0.25, 0.3) is 11.3 Å². The average molecular weight is 431 g/mol. The van der Waals surface area contributed by atoms with E-state index in [4.69, 9.17) is 4.74 Å². The number of anilines is 1. The lowest BCUT2D eigenvalue weighted by molar-refractivity contribution is -0.138. The molecule has 166 valence electrons. The molecule has 0 N–H and O–H groups in total. The molecule has 0 spiro atoms. The molecule has 2 aromatic carbocycles. The van der Waals surface area contributed by atoms with Gasteiger partial charge in [-0.2, -0.15) is 0 Å². The summed E-state index contributed by atoms with van der Waals surface area (Å²) in [5.41, 5.74) is 4.39. The number of rotatable bonds is 6. The van der Waals surface area contributed by atoms with Gasteiger partial charge in [0.2, 0.25) is 0 Å². The molecule has 0 saturated carbocycles. The molecule has 1 aliphatic heterocycles. The SMILES string of the molecule is CCc1ccc(OC(C)C(=O)N2CCN(c3ccc(-c4ccc(C)cc4)nn3)CC2)cc1. The number of carbonyl (C=O) groups is 1.